The number of nitrogens with one attached hydrogen (secondary N) is 1. The van der Waals surface area contributed by atoms with Crippen LogP contribution >= 0.6 is 0 Å². The molecule has 2 aromatic carbocycles. The Hall–Kier alpha value is -1.87. The van der Waals surface area contributed by atoms with E-state index in [1.165, 1.54) is 17.7 Å². The lowest BCUT2D eigenvalue weighted by Gasteiger charge is -2.16. The second-order valence-corrected chi connectivity index (χ2v) is 4.80. The molecule has 0 aliphatic rings. The maximum Gasteiger partial charge on any atom is 0.132 e. The van der Waals surface area contributed by atoms with Crippen LogP contribution in [0.5, 0.6) is 11.5 Å². The first-order valence-electron chi connectivity index (χ1n) is 6.87. The molecule has 0 spiro atoms. The highest BCUT2D eigenvalue weighted by Gasteiger charge is 2.12. The Bertz CT molecular complexity index is 583. The molecule has 0 amide bonds. The Kier molecular flexibility index (Phi) is 4.74. The van der Waals surface area contributed by atoms with Crippen molar-refractivity contribution >= 4 is 0 Å². The molecule has 0 fully saturated rings. The Balaban J connectivity index is 2.32. The van der Waals surface area contributed by atoms with E-state index in [0.29, 0.717) is 5.75 Å². The summed E-state index contributed by atoms with van der Waals surface area (Å²) in [6.45, 7) is 4.08. The van der Waals surface area contributed by atoms with Crippen LogP contribution in [0, 0.1) is 5.82 Å². The molecule has 106 valence electrons. The number of hydrogen-bond acceptors (Lipinski definition) is 2. The number of ether oxygens (including phenoxy) is 1. The average molecular weight is 273 g/mol. The third-order valence-electron chi connectivity index (χ3n) is 3.41. The standard InChI is InChI=1S/C17H20FNO/c1-4-13-6-5-7-15(10-13)20-17-9-8-14(18)11-16(17)12(2)19-3/h5-12,19H,4H2,1-3H3. The molecular weight excluding hydrogens is 253 g/mol. The fourth-order valence-corrected chi connectivity index (χ4v) is 2.06. The number of hydrogen-bond donors (Lipinski definition) is 1. The molecule has 2 nitrogen and oxygen atoms in total. The van der Waals surface area contributed by atoms with E-state index in [1.54, 1.807) is 6.07 Å². The van der Waals surface area contributed by atoms with Crippen molar-refractivity contribution in [3.8, 4) is 11.5 Å². The molecule has 0 aliphatic heterocycles. The molecular formula is C17H20FNO. The van der Waals surface area contributed by atoms with Crippen LogP contribution in [0.4, 0.5) is 4.39 Å². The first kappa shape index (κ1) is 14.5. The number of benzene rings is 2. The second-order valence-electron chi connectivity index (χ2n) is 4.80. The van der Waals surface area contributed by atoms with Gasteiger partial charge >= 0.3 is 0 Å². The van der Waals surface area contributed by atoms with Gasteiger partial charge in [0, 0.05) is 11.6 Å². The van der Waals surface area contributed by atoms with Gasteiger partial charge in [-0.3, -0.25) is 0 Å². The summed E-state index contributed by atoms with van der Waals surface area (Å²) in [5, 5.41) is 3.11. The minimum absolute atomic E-state index is 0.0232. The van der Waals surface area contributed by atoms with E-state index in [9.17, 15) is 4.39 Å². The van der Waals surface area contributed by atoms with E-state index in [0.717, 1.165) is 17.7 Å². The molecule has 0 saturated carbocycles. The van der Waals surface area contributed by atoms with Gasteiger partial charge in [0.15, 0.2) is 0 Å². The van der Waals surface area contributed by atoms with Gasteiger partial charge in [0.2, 0.25) is 0 Å². The zero-order valence-corrected chi connectivity index (χ0v) is 12.1. The van der Waals surface area contributed by atoms with Crippen molar-refractivity contribution in [1.82, 2.24) is 5.32 Å². The minimum atomic E-state index is -0.253. The molecule has 3 heteroatoms. The smallest absolute Gasteiger partial charge is 0.132 e. The van der Waals surface area contributed by atoms with Crippen LogP contribution in [0.3, 0.4) is 0 Å². The van der Waals surface area contributed by atoms with Crippen LogP contribution in [0.25, 0.3) is 0 Å². The van der Waals surface area contributed by atoms with Crippen LogP contribution in [0.15, 0.2) is 42.5 Å². The van der Waals surface area contributed by atoms with E-state index in [1.807, 2.05) is 32.2 Å². The maximum absolute atomic E-state index is 13.4. The van der Waals surface area contributed by atoms with Crippen molar-refractivity contribution < 1.29 is 9.13 Å². The molecule has 1 unspecified atom stereocenters. The number of rotatable bonds is 5. The van der Waals surface area contributed by atoms with Gasteiger partial charge < -0.3 is 10.1 Å². The highest BCUT2D eigenvalue weighted by Crippen LogP contribution is 2.30. The van der Waals surface area contributed by atoms with Crippen LogP contribution in [0.1, 0.15) is 31.0 Å². The van der Waals surface area contributed by atoms with Crippen LogP contribution in [0.2, 0.25) is 0 Å². The van der Waals surface area contributed by atoms with Crippen molar-refractivity contribution in [2.75, 3.05) is 7.05 Å². The predicted molar refractivity (Wildman–Crippen MR) is 79.8 cm³/mol. The predicted octanol–water partition coefficient (Wildman–Crippen LogP) is 4.46. The fraction of sp³-hybridized carbons (Fsp3) is 0.294. The Morgan fingerprint density at radius 3 is 2.70 bits per heavy atom. The third-order valence-corrected chi connectivity index (χ3v) is 3.41. The van der Waals surface area contributed by atoms with Crippen molar-refractivity contribution in [2.45, 2.75) is 26.3 Å². The first-order valence-corrected chi connectivity index (χ1v) is 6.87. The minimum Gasteiger partial charge on any atom is -0.457 e. The third kappa shape index (κ3) is 3.36. The summed E-state index contributed by atoms with van der Waals surface area (Å²) in [5.41, 5.74) is 2.03. The number of halogens is 1. The summed E-state index contributed by atoms with van der Waals surface area (Å²) in [6, 6.07) is 12.6. The zero-order valence-electron chi connectivity index (χ0n) is 12.1. The van der Waals surface area contributed by atoms with Gasteiger partial charge in [-0.2, -0.15) is 0 Å². The highest BCUT2D eigenvalue weighted by atomic mass is 19.1. The summed E-state index contributed by atoms with van der Waals surface area (Å²) in [6.07, 6.45) is 0.959. The summed E-state index contributed by atoms with van der Waals surface area (Å²) in [7, 11) is 1.84. The molecule has 0 aliphatic carbocycles. The van der Waals surface area contributed by atoms with Crippen LogP contribution in [-0.4, -0.2) is 7.05 Å². The summed E-state index contributed by atoms with van der Waals surface area (Å²) in [4.78, 5) is 0. The molecule has 0 bridgehead atoms. The lowest BCUT2D eigenvalue weighted by Crippen LogP contribution is -2.13. The monoisotopic (exact) mass is 273 g/mol. The van der Waals surface area contributed by atoms with E-state index in [4.69, 9.17) is 4.74 Å². The van der Waals surface area contributed by atoms with Gasteiger partial charge in [-0.15, -0.1) is 0 Å². The molecule has 1 N–H and O–H groups in total. The maximum atomic E-state index is 13.4. The molecule has 0 saturated heterocycles. The summed E-state index contributed by atoms with van der Waals surface area (Å²) in [5.74, 6) is 1.21. The van der Waals surface area contributed by atoms with E-state index in [-0.39, 0.29) is 11.9 Å². The van der Waals surface area contributed by atoms with Crippen molar-refractivity contribution in [3.05, 3.63) is 59.4 Å². The largest absolute Gasteiger partial charge is 0.457 e. The highest BCUT2D eigenvalue weighted by molar-refractivity contribution is 5.40. The first-order chi connectivity index (χ1) is 9.63. The molecule has 0 heterocycles. The Labute approximate surface area is 119 Å². The van der Waals surface area contributed by atoms with Gasteiger partial charge in [-0.25, -0.2) is 4.39 Å². The van der Waals surface area contributed by atoms with E-state index >= 15 is 0 Å². The summed E-state index contributed by atoms with van der Waals surface area (Å²) >= 11 is 0. The molecule has 2 aromatic rings. The van der Waals surface area contributed by atoms with Crippen molar-refractivity contribution in [2.24, 2.45) is 0 Å². The Morgan fingerprint density at radius 1 is 1.20 bits per heavy atom. The van der Waals surface area contributed by atoms with Gasteiger partial charge in [0.25, 0.3) is 0 Å². The normalized spacial score (nSPS) is 12.2. The summed E-state index contributed by atoms with van der Waals surface area (Å²) < 4.78 is 19.3. The lowest BCUT2D eigenvalue weighted by atomic mass is 10.1. The fourth-order valence-electron chi connectivity index (χ4n) is 2.06. The topological polar surface area (TPSA) is 21.3 Å². The SMILES string of the molecule is CCc1cccc(Oc2ccc(F)cc2C(C)NC)c1. The second kappa shape index (κ2) is 6.53. The molecule has 0 aromatic heterocycles. The van der Waals surface area contributed by atoms with Gasteiger partial charge in [0.1, 0.15) is 17.3 Å². The van der Waals surface area contributed by atoms with Crippen LogP contribution in [-0.2, 0) is 6.42 Å². The van der Waals surface area contributed by atoms with Gasteiger partial charge in [-0.05, 0) is 56.3 Å². The molecule has 0 radical (unpaired) electrons. The average Bonchev–Trinajstić information content (AvgIpc) is 2.48. The van der Waals surface area contributed by atoms with Crippen molar-refractivity contribution in [3.63, 3.8) is 0 Å². The van der Waals surface area contributed by atoms with E-state index in [2.05, 4.69) is 18.3 Å². The zero-order chi connectivity index (χ0) is 14.5. The molecule has 20 heavy (non-hydrogen) atoms. The molecule has 2 rings (SSSR count). The lowest BCUT2D eigenvalue weighted by molar-refractivity contribution is 0.462. The number of aryl methyl sites for hydroxylation is 1. The van der Waals surface area contributed by atoms with Gasteiger partial charge in [-0.1, -0.05) is 19.1 Å². The quantitative estimate of drug-likeness (QED) is 0.868. The molecule has 1 atom stereocenters. The van der Waals surface area contributed by atoms with E-state index < -0.39 is 0 Å². The Morgan fingerprint density at radius 2 is 2.00 bits per heavy atom. The van der Waals surface area contributed by atoms with Crippen molar-refractivity contribution in [1.29, 1.82) is 0 Å². The van der Waals surface area contributed by atoms with Gasteiger partial charge in [0.05, 0.1) is 0 Å². The van der Waals surface area contributed by atoms with Crippen LogP contribution < -0.4 is 10.1 Å².